The van der Waals surface area contributed by atoms with Gasteiger partial charge in [-0.15, -0.1) is 0 Å². The Morgan fingerprint density at radius 1 is 1.12 bits per heavy atom. The number of carbonyl (C=O) groups excluding carboxylic acids is 2. The lowest BCUT2D eigenvalue weighted by Crippen LogP contribution is -2.28. The van der Waals surface area contributed by atoms with E-state index in [1.54, 1.807) is 18.2 Å². The number of carboxylic acid groups (broad SMARTS) is 1. The summed E-state index contributed by atoms with van der Waals surface area (Å²) in [5.74, 6) is -1.30. The van der Waals surface area contributed by atoms with Crippen molar-refractivity contribution in [3.8, 4) is 5.75 Å². The van der Waals surface area contributed by atoms with Gasteiger partial charge in [-0.1, -0.05) is 24.3 Å². The van der Waals surface area contributed by atoms with E-state index in [2.05, 4.69) is 17.3 Å². The standard InChI is InChI=1S/C26H25N3O5/c1-28(2)20-9-8-19(21(12-20)34-14-15-4-3-5-18(10-15)26(32)33)13-27-29-24(30)22-16-6-7-17(11-16)23(22)25(29)31/h3-10,12-13,16-17,22-23H,11,14H2,1-2H3,(H,32,33)/t16-,17-,22-,23+/m0/s1. The van der Waals surface area contributed by atoms with Crippen LogP contribution in [0.3, 0.4) is 0 Å². The number of anilines is 1. The topological polar surface area (TPSA) is 99.5 Å². The third kappa shape index (κ3) is 3.75. The molecule has 1 N–H and O–H groups in total. The van der Waals surface area contributed by atoms with E-state index in [0.29, 0.717) is 16.9 Å². The molecule has 2 aromatic rings. The van der Waals surface area contributed by atoms with Gasteiger partial charge in [0.05, 0.1) is 23.6 Å². The zero-order chi connectivity index (χ0) is 24.0. The number of hydrazone groups is 1. The van der Waals surface area contributed by atoms with Gasteiger partial charge in [0, 0.05) is 31.4 Å². The number of amides is 2. The first-order valence-corrected chi connectivity index (χ1v) is 11.2. The summed E-state index contributed by atoms with van der Waals surface area (Å²) in [6.45, 7) is 0.152. The van der Waals surface area contributed by atoms with Gasteiger partial charge in [0.25, 0.3) is 11.8 Å². The molecule has 2 bridgehead atoms. The largest absolute Gasteiger partial charge is 0.488 e. The Kier molecular flexibility index (Phi) is 5.43. The van der Waals surface area contributed by atoms with E-state index in [1.807, 2.05) is 37.2 Å². The highest BCUT2D eigenvalue weighted by Gasteiger charge is 2.59. The summed E-state index contributed by atoms with van der Waals surface area (Å²) >= 11 is 0. The van der Waals surface area contributed by atoms with Crippen LogP contribution in [0, 0.1) is 23.7 Å². The number of imide groups is 1. The molecule has 3 aliphatic rings. The van der Waals surface area contributed by atoms with Crippen molar-refractivity contribution in [2.24, 2.45) is 28.8 Å². The summed E-state index contributed by atoms with van der Waals surface area (Å²) in [6, 6.07) is 12.1. The highest BCUT2D eigenvalue weighted by atomic mass is 16.5. The molecule has 1 saturated carbocycles. The van der Waals surface area contributed by atoms with Crippen molar-refractivity contribution in [2.75, 3.05) is 19.0 Å². The van der Waals surface area contributed by atoms with Gasteiger partial charge in [0.2, 0.25) is 0 Å². The molecule has 2 fully saturated rings. The zero-order valence-corrected chi connectivity index (χ0v) is 18.9. The maximum absolute atomic E-state index is 12.9. The van der Waals surface area contributed by atoms with Gasteiger partial charge in [0.1, 0.15) is 12.4 Å². The summed E-state index contributed by atoms with van der Waals surface area (Å²) in [7, 11) is 3.82. The molecule has 174 valence electrons. The van der Waals surface area contributed by atoms with Gasteiger partial charge in [0.15, 0.2) is 0 Å². The van der Waals surface area contributed by atoms with Crippen molar-refractivity contribution in [1.82, 2.24) is 5.01 Å². The minimum Gasteiger partial charge on any atom is -0.488 e. The fourth-order valence-corrected chi connectivity index (χ4v) is 5.11. The monoisotopic (exact) mass is 459 g/mol. The van der Waals surface area contributed by atoms with Crippen LogP contribution in [0.5, 0.6) is 5.75 Å². The molecule has 0 aromatic heterocycles. The van der Waals surface area contributed by atoms with Crippen LogP contribution >= 0.6 is 0 Å². The van der Waals surface area contributed by atoms with Crippen molar-refractivity contribution >= 4 is 29.7 Å². The van der Waals surface area contributed by atoms with Crippen LogP contribution < -0.4 is 9.64 Å². The second kappa shape index (κ2) is 8.44. The Hall–Kier alpha value is -3.94. The number of rotatable bonds is 7. The molecule has 1 saturated heterocycles. The third-order valence-corrected chi connectivity index (χ3v) is 6.84. The van der Waals surface area contributed by atoms with Crippen molar-refractivity contribution in [3.63, 3.8) is 0 Å². The summed E-state index contributed by atoms with van der Waals surface area (Å²) in [5, 5.41) is 14.5. The van der Waals surface area contributed by atoms with Crippen LogP contribution in [0.4, 0.5) is 5.69 Å². The van der Waals surface area contributed by atoms with Gasteiger partial charge < -0.3 is 14.7 Å². The smallest absolute Gasteiger partial charge is 0.335 e. The molecule has 1 aliphatic heterocycles. The fourth-order valence-electron chi connectivity index (χ4n) is 5.11. The Morgan fingerprint density at radius 2 is 1.82 bits per heavy atom. The van der Waals surface area contributed by atoms with Crippen molar-refractivity contribution in [2.45, 2.75) is 13.0 Å². The van der Waals surface area contributed by atoms with E-state index < -0.39 is 5.97 Å². The van der Waals surface area contributed by atoms with Crippen LogP contribution in [0.1, 0.15) is 27.9 Å². The number of allylic oxidation sites excluding steroid dienone is 2. The van der Waals surface area contributed by atoms with Crippen LogP contribution in [0.25, 0.3) is 0 Å². The molecule has 0 unspecified atom stereocenters. The highest BCUT2D eigenvalue weighted by Crippen LogP contribution is 2.52. The second-order valence-corrected chi connectivity index (χ2v) is 9.14. The molecule has 8 nitrogen and oxygen atoms in total. The number of hydrogen-bond acceptors (Lipinski definition) is 6. The first-order valence-electron chi connectivity index (χ1n) is 11.2. The Balaban J connectivity index is 1.38. The SMILES string of the molecule is CN(C)c1ccc(C=NN2C(=O)[C@@H]3[C@H](C2=O)[C@H]2C=C[C@H]3C2)c(OCc2cccc(C(=O)O)c2)c1. The second-order valence-electron chi connectivity index (χ2n) is 9.14. The molecule has 0 spiro atoms. The number of carbonyl (C=O) groups is 3. The zero-order valence-electron chi connectivity index (χ0n) is 18.9. The summed E-state index contributed by atoms with van der Waals surface area (Å²) < 4.78 is 6.03. The summed E-state index contributed by atoms with van der Waals surface area (Å²) in [5.41, 5.74) is 2.40. The van der Waals surface area contributed by atoms with Crippen LogP contribution in [-0.4, -0.2) is 48.2 Å². The lowest BCUT2D eigenvalue weighted by atomic mass is 9.85. The van der Waals surface area contributed by atoms with Gasteiger partial charge in [-0.3, -0.25) is 9.59 Å². The molecule has 5 rings (SSSR count). The number of aromatic carboxylic acids is 1. The first kappa shape index (κ1) is 21.9. The number of benzene rings is 2. The number of carboxylic acids is 1. The quantitative estimate of drug-likeness (QED) is 0.388. The fraction of sp³-hybridized carbons (Fsp3) is 0.308. The summed E-state index contributed by atoms with van der Waals surface area (Å²) in [6.07, 6.45) is 6.46. The predicted octanol–water partition coefficient (Wildman–Crippen LogP) is 3.17. The molecule has 0 radical (unpaired) electrons. The minimum atomic E-state index is -1.00. The molecule has 2 aromatic carbocycles. The van der Waals surface area contributed by atoms with Crippen LogP contribution in [0.15, 0.2) is 59.7 Å². The van der Waals surface area contributed by atoms with Gasteiger partial charge in [-0.25, -0.2) is 4.79 Å². The highest BCUT2D eigenvalue weighted by molar-refractivity contribution is 6.07. The molecule has 1 heterocycles. The molecule has 2 aliphatic carbocycles. The number of fused-ring (bicyclic) bond motifs is 5. The average Bonchev–Trinajstić information content (AvgIpc) is 3.51. The van der Waals surface area contributed by atoms with E-state index in [9.17, 15) is 19.5 Å². The molecular weight excluding hydrogens is 434 g/mol. The third-order valence-electron chi connectivity index (χ3n) is 6.84. The Morgan fingerprint density at radius 3 is 2.47 bits per heavy atom. The number of ether oxygens (including phenoxy) is 1. The molecular formula is C26H25N3O5. The lowest BCUT2D eigenvalue weighted by Gasteiger charge is -2.17. The maximum Gasteiger partial charge on any atom is 0.335 e. The van der Waals surface area contributed by atoms with Crippen molar-refractivity contribution < 1.29 is 24.2 Å². The van der Waals surface area contributed by atoms with E-state index in [0.717, 1.165) is 17.1 Å². The normalized spacial score (nSPS) is 24.8. The molecule has 2 amide bonds. The number of hydrogen-bond donors (Lipinski definition) is 1. The van der Waals surface area contributed by atoms with Gasteiger partial charge >= 0.3 is 5.97 Å². The first-order chi connectivity index (χ1) is 16.3. The molecule has 34 heavy (non-hydrogen) atoms. The van der Waals surface area contributed by atoms with Crippen LogP contribution in [0.2, 0.25) is 0 Å². The predicted molar refractivity (Wildman–Crippen MR) is 126 cm³/mol. The number of nitrogens with zero attached hydrogens (tertiary/aromatic N) is 3. The molecule has 4 atom stereocenters. The van der Waals surface area contributed by atoms with E-state index >= 15 is 0 Å². The Labute approximate surface area is 197 Å². The van der Waals surface area contributed by atoms with Gasteiger partial charge in [-0.2, -0.15) is 10.1 Å². The summed E-state index contributed by atoms with van der Waals surface area (Å²) in [4.78, 5) is 39.0. The minimum absolute atomic E-state index is 0.131. The van der Waals surface area contributed by atoms with E-state index in [1.165, 1.54) is 12.3 Å². The lowest BCUT2D eigenvalue weighted by molar-refractivity contribution is -0.140. The molecule has 8 heteroatoms. The maximum atomic E-state index is 12.9. The van der Waals surface area contributed by atoms with E-state index in [-0.39, 0.29) is 47.7 Å². The average molecular weight is 460 g/mol. The van der Waals surface area contributed by atoms with Crippen molar-refractivity contribution in [3.05, 3.63) is 71.3 Å². The van der Waals surface area contributed by atoms with Crippen molar-refractivity contribution in [1.29, 1.82) is 0 Å². The van der Waals surface area contributed by atoms with Crippen LogP contribution in [-0.2, 0) is 16.2 Å². The Bertz CT molecular complexity index is 1200. The van der Waals surface area contributed by atoms with Gasteiger partial charge in [-0.05, 0) is 48.1 Å². The van der Waals surface area contributed by atoms with E-state index in [4.69, 9.17) is 4.74 Å².